The summed E-state index contributed by atoms with van der Waals surface area (Å²) in [5.74, 6) is -1.35. The maximum Gasteiger partial charge on any atom is 0.270 e. The van der Waals surface area contributed by atoms with Crippen molar-refractivity contribution in [1.82, 2.24) is 31.2 Å². The molecule has 192 valence electrons. The first-order chi connectivity index (χ1) is 17.9. The number of piperidine rings is 1. The van der Waals surface area contributed by atoms with Crippen LogP contribution in [0.3, 0.4) is 0 Å². The minimum absolute atomic E-state index is 0.0445. The van der Waals surface area contributed by atoms with E-state index in [1.807, 2.05) is 0 Å². The molecular weight excluding hydrogens is 475 g/mol. The highest BCUT2D eigenvalue weighted by molar-refractivity contribution is 5.97. The van der Waals surface area contributed by atoms with Gasteiger partial charge in [0.05, 0.1) is 0 Å². The second-order valence-electron chi connectivity index (χ2n) is 8.93. The molecule has 0 radical (unpaired) electrons. The van der Waals surface area contributed by atoms with Crippen LogP contribution in [0, 0.1) is 12.7 Å². The lowest BCUT2D eigenvalue weighted by molar-refractivity contribution is 0.0922. The van der Waals surface area contributed by atoms with Crippen LogP contribution in [0.1, 0.15) is 60.9 Å². The molecule has 0 aliphatic carbocycles. The zero-order valence-corrected chi connectivity index (χ0v) is 20.5. The Labute approximate surface area is 214 Å². The lowest BCUT2D eigenvalue weighted by atomic mass is 10.1. The largest absolute Gasteiger partial charge is 0.349 e. The van der Waals surface area contributed by atoms with Gasteiger partial charge in [0.1, 0.15) is 23.5 Å². The fourth-order valence-electron chi connectivity index (χ4n) is 3.98. The van der Waals surface area contributed by atoms with Crippen LogP contribution in [-0.4, -0.2) is 46.8 Å². The summed E-state index contributed by atoms with van der Waals surface area (Å²) in [5.41, 5.74) is 2.71. The monoisotopic (exact) mass is 504 g/mol. The first-order valence-electron chi connectivity index (χ1n) is 12.1. The summed E-state index contributed by atoms with van der Waals surface area (Å²) in [6, 6.07) is 13.1. The van der Waals surface area contributed by atoms with E-state index < -0.39 is 11.8 Å². The van der Waals surface area contributed by atoms with Gasteiger partial charge in [0.25, 0.3) is 17.7 Å². The molecule has 0 unspecified atom stereocenters. The zero-order valence-electron chi connectivity index (χ0n) is 20.5. The van der Waals surface area contributed by atoms with Crippen LogP contribution >= 0.6 is 0 Å². The molecule has 1 fully saturated rings. The van der Waals surface area contributed by atoms with Crippen molar-refractivity contribution in [2.75, 3.05) is 13.1 Å². The Bertz CT molecular complexity index is 1280. The summed E-state index contributed by atoms with van der Waals surface area (Å²) in [7, 11) is 0. The molecule has 0 saturated carbocycles. The van der Waals surface area contributed by atoms with Crippen molar-refractivity contribution in [3.63, 3.8) is 0 Å². The highest BCUT2D eigenvalue weighted by Gasteiger charge is 2.17. The maximum absolute atomic E-state index is 13.4. The van der Waals surface area contributed by atoms with Gasteiger partial charge in [0.2, 0.25) is 0 Å². The Morgan fingerprint density at radius 2 is 1.46 bits per heavy atom. The van der Waals surface area contributed by atoms with E-state index >= 15 is 0 Å². The van der Waals surface area contributed by atoms with Gasteiger partial charge in [0, 0.05) is 30.8 Å². The lowest BCUT2D eigenvalue weighted by Crippen LogP contribution is -2.42. The van der Waals surface area contributed by atoms with Crippen LogP contribution in [0.5, 0.6) is 0 Å². The van der Waals surface area contributed by atoms with E-state index in [0.717, 1.165) is 43.4 Å². The molecule has 4 N–H and O–H groups in total. The highest BCUT2D eigenvalue weighted by Crippen LogP contribution is 2.10. The van der Waals surface area contributed by atoms with Crippen molar-refractivity contribution in [1.29, 1.82) is 0 Å². The first-order valence-corrected chi connectivity index (χ1v) is 12.1. The van der Waals surface area contributed by atoms with Crippen LogP contribution in [0.25, 0.3) is 0 Å². The third kappa shape index (κ3) is 7.17. The minimum Gasteiger partial charge on any atom is -0.349 e. The lowest BCUT2D eigenvalue weighted by Gasteiger charge is -2.23. The van der Waals surface area contributed by atoms with Gasteiger partial charge in [-0.15, -0.1) is 0 Å². The van der Waals surface area contributed by atoms with E-state index in [4.69, 9.17) is 0 Å². The van der Waals surface area contributed by atoms with E-state index in [1.165, 1.54) is 12.1 Å². The van der Waals surface area contributed by atoms with Crippen molar-refractivity contribution in [2.24, 2.45) is 0 Å². The third-order valence-corrected chi connectivity index (χ3v) is 6.15. The average Bonchev–Trinajstić information content (AvgIpc) is 2.93. The summed E-state index contributed by atoms with van der Waals surface area (Å²) in [6.07, 6.45) is 2.98. The summed E-state index contributed by atoms with van der Waals surface area (Å²) >= 11 is 0. The van der Waals surface area contributed by atoms with E-state index in [2.05, 4.69) is 31.2 Å². The minimum atomic E-state index is -0.475. The molecule has 0 atom stereocenters. The Kier molecular flexibility index (Phi) is 8.52. The molecule has 1 aliphatic heterocycles. The number of carbonyl (C=O) groups excluding carboxylic acids is 3. The number of carbonyl (C=O) groups is 3. The van der Waals surface area contributed by atoms with Gasteiger partial charge < -0.3 is 21.3 Å². The number of hydrogen-bond acceptors (Lipinski definition) is 6. The van der Waals surface area contributed by atoms with Crippen molar-refractivity contribution in [3.8, 4) is 0 Å². The molecule has 10 heteroatoms. The molecule has 3 aromatic rings. The molecule has 9 nitrogen and oxygen atoms in total. The third-order valence-electron chi connectivity index (χ3n) is 6.15. The summed E-state index contributed by atoms with van der Waals surface area (Å²) in [4.78, 5) is 45.5. The van der Waals surface area contributed by atoms with Crippen LogP contribution < -0.4 is 21.3 Å². The predicted molar refractivity (Wildman–Crippen MR) is 135 cm³/mol. The Balaban J connectivity index is 1.28. The molecule has 2 aromatic carbocycles. The van der Waals surface area contributed by atoms with Gasteiger partial charge in [0.15, 0.2) is 0 Å². The van der Waals surface area contributed by atoms with Crippen molar-refractivity contribution in [2.45, 2.75) is 38.9 Å². The standard InChI is InChI=1S/C27H29FN6O3/c1-17-12-19(4-7-22(17)28)15-31-27(37)24-13-23(32-16-33-24)26(36)30-14-18-2-5-20(6-3-18)25(35)34-21-8-10-29-11-9-21/h2-7,12-13,16,21,29H,8-11,14-15H2,1H3,(H,30,36)(H,31,37)(H,34,35). The molecule has 1 aromatic heterocycles. The molecule has 3 amide bonds. The second kappa shape index (κ2) is 12.2. The van der Waals surface area contributed by atoms with Gasteiger partial charge in [-0.1, -0.05) is 24.3 Å². The van der Waals surface area contributed by atoms with Crippen molar-refractivity contribution < 1.29 is 18.8 Å². The number of nitrogens with zero attached hydrogens (tertiary/aromatic N) is 2. The number of hydrogen-bond donors (Lipinski definition) is 4. The topological polar surface area (TPSA) is 125 Å². The maximum atomic E-state index is 13.4. The van der Waals surface area contributed by atoms with Crippen LogP contribution in [0.4, 0.5) is 4.39 Å². The Morgan fingerprint density at radius 3 is 2.08 bits per heavy atom. The molecule has 2 heterocycles. The zero-order chi connectivity index (χ0) is 26.2. The van der Waals surface area contributed by atoms with Gasteiger partial charge in [-0.25, -0.2) is 14.4 Å². The van der Waals surface area contributed by atoms with Gasteiger partial charge in [-0.05, 0) is 67.7 Å². The molecule has 0 bridgehead atoms. The van der Waals surface area contributed by atoms with Crippen molar-refractivity contribution >= 4 is 17.7 Å². The van der Waals surface area contributed by atoms with Crippen LogP contribution in [0.15, 0.2) is 54.9 Å². The van der Waals surface area contributed by atoms with E-state index in [9.17, 15) is 18.8 Å². The number of nitrogens with one attached hydrogen (secondary N) is 4. The van der Waals surface area contributed by atoms with Crippen LogP contribution in [0.2, 0.25) is 0 Å². The van der Waals surface area contributed by atoms with E-state index in [-0.39, 0.29) is 42.2 Å². The first kappa shape index (κ1) is 25.9. The van der Waals surface area contributed by atoms with E-state index in [1.54, 1.807) is 43.3 Å². The van der Waals surface area contributed by atoms with Crippen molar-refractivity contribution in [3.05, 3.63) is 94.3 Å². The Morgan fingerprint density at radius 1 is 0.865 bits per heavy atom. The normalized spacial score (nSPS) is 13.6. The summed E-state index contributed by atoms with van der Waals surface area (Å²) in [5, 5.41) is 11.8. The number of halogens is 1. The van der Waals surface area contributed by atoms with Gasteiger partial charge >= 0.3 is 0 Å². The van der Waals surface area contributed by atoms with E-state index in [0.29, 0.717) is 11.1 Å². The molecule has 4 rings (SSSR count). The smallest absolute Gasteiger partial charge is 0.270 e. The molecule has 0 spiro atoms. The quantitative estimate of drug-likeness (QED) is 0.373. The predicted octanol–water partition coefficient (Wildman–Crippen LogP) is 2.27. The molecular formula is C27H29FN6O3. The number of amides is 3. The van der Waals surface area contributed by atoms with Gasteiger partial charge in [-0.2, -0.15) is 0 Å². The highest BCUT2D eigenvalue weighted by atomic mass is 19.1. The average molecular weight is 505 g/mol. The van der Waals surface area contributed by atoms with Gasteiger partial charge in [-0.3, -0.25) is 14.4 Å². The molecule has 1 aliphatic rings. The number of aryl methyl sites for hydroxylation is 1. The summed E-state index contributed by atoms with van der Waals surface area (Å²) < 4.78 is 13.4. The van der Waals surface area contributed by atoms with Crippen LogP contribution in [-0.2, 0) is 13.1 Å². The number of benzene rings is 2. The number of aromatic nitrogens is 2. The SMILES string of the molecule is Cc1cc(CNC(=O)c2cc(C(=O)NCc3ccc(C(=O)NC4CCNCC4)cc3)ncn2)ccc1F. The number of rotatable bonds is 8. The molecule has 37 heavy (non-hydrogen) atoms. The fraction of sp³-hybridized carbons (Fsp3) is 0.296. The second-order valence-corrected chi connectivity index (χ2v) is 8.93. The molecule has 1 saturated heterocycles. The summed E-state index contributed by atoms with van der Waals surface area (Å²) in [6.45, 7) is 3.87. The fourth-order valence-corrected chi connectivity index (χ4v) is 3.98. The Hall–Kier alpha value is -4.18.